The first-order valence-electron chi connectivity index (χ1n) is 4.33. The Kier molecular flexibility index (Phi) is 4.54. The van der Waals surface area contributed by atoms with E-state index in [2.05, 4.69) is 0 Å². The number of aliphatic hydroxyl groups is 3. The molecule has 0 radical (unpaired) electrons. The van der Waals surface area contributed by atoms with Gasteiger partial charge in [0, 0.05) is 17.4 Å². The van der Waals surface area contributed by atoms with Crippen molar-refractivity contribution in [3.8, 4) is 0 Å². The van der Waals surface area contributed by atoms with Gasteiger partial charge in [0.15, 0.2) is 0 Å². The van der Waals surface area contributed by atoms with E-state index in [0.29, 0.717) is 10.2 Å². The molecule has 80 valence electrons. The smallest absolute Gasteiger partial charge is 0.0668 e. The van der Waals surface area contributed by atoms with Crippen LogP contribution in [0.25, 0.3) is 0 Å². The molecule has 0 spiro atoms. The zero-order valence-electron chi connectivity index (χ0n) is 8.74. The predicted octanol–water partition coefficient (Wildman–Crippen LogP) is -1.93. The number of methoxy groups -OCH3 is 1. The Balaban J connectivity index is 4.97. The Bertz CT molecular complexity index is 154. The van der Waals surface area contributed by atoms with Crippen molar-refractivity contribution in [3.05, 3.63) is 0 Å². The van der Waals surface area contributed by atoms with Gasteiger partial charge in [-0.25, -0.2) is 0 Å². The lowest BCUT2D eigenvalue weighted by atomic mass is 9.78. The minimum Gasteiger partial charge on any atom is -0.396 e. The highest BCUT2D eigenvalue weighted by Crippen LogP contribution is 2.34. The van der Waals surface area contributed by atoms with E-state index in [1.807, 2.05) is 0 Å². The number of aliphatic hydroxyl groups excluding tert-OH is 3. The van der Waals surface area contributed by atoms with Crippen molar-refractivity contribution in [2.45, 2.75) is 25.2 Å². The van der Waals surface area contributed by atoms with Crippen molar-refractivity contribution in [1.82, 2.24) is 0 Å². The zero-order chi connectivity index (χ0) is 10.7. The molecule has 5 heteroatoms. The molecule has 0 saturated carbocycles. The molecule has 0 fully saturated rings. The van der Waals surface area contributed by atoms with Gasteiger partial charge in [-0.15, -0.1) is 0 Å². The zero-order valence-corrected chi connectivity index (χ0v) is 10.7. The Morgan fingerprint density at radius 1 is 1.38 bits per heavy atom. The summed E-state index contributed by atoms with van der Waals surface area (Å²) in [6, 6.07) is 0. The lowest BCUT2D eigenvalue weighted by Gasteiger charge is -2.45. The molecule has 2 unspecified atom stereocenters. The summed E-state index contributed by atoms with van der Waals surface area (Å²) in [5.41, 5.74) is -0.964. The minimum absolute atomic E-state index is 0.283. The van der Waals surface area contributed by atoms with Crippen LogP contribution < -0.4 is 0 Å². The van der Waals surface area contributed by atoms with Gasteiger partial charge in [-0.2, -0.15) is 0 Å². The van der Waals surface area contributed by atoms with E-state index in [1.165, 1.54) is 7.11 Å². The first-order valence-corrected chi connectivity index (χ1v) is 5.33. The second-order valence-corrected chi connectivity index (χ2v) is 5.77. The van der Waals surface area contributed by atoms with E-state index in [1.54, 1.807) is 13.8 Å². The third kappa shape index (κ3) is 2.11. The molecule has 0 aromatic rings. The molecule has 0 aliphatic heterocycles. The van der Waals surface area contributed by atoms with Gasteiger partial charge in [0.1, 0.15) is 0 Å². The molecule has 0 aliphatic carbocycles. The van der Waals surface area contributed by atoms with Crippen molar-refractivity contribution < 1.29 is 20.1 Å². The molecular weight excluding hydrogens is 188 g/mol. The molecule has 0 amide bonds. The van der Waals surface area contributed by atoms with Crippen molar-refractivity contribution in [3.63, 3.8) is 0 Å². The van der Waals surface area contributed by atoms with E-state index in [4.69, 9.17) is 4.74 Å². The fraction of sp³-hybridized carbons (Fsp3) is 1.00. The van der Waals surface area contributed by atoms with Crippen LogP contribution in [0.2, 0.25) is 0 Å². The van der Waals surface area contributed by atoms with Crippen molar-refractivity contribution in [2.24, 2.45) is 5.41 Å². The van der Waals surface area contributed by atoms with Gasteiger partial charge in [-0.05, 0) is 13.8 Å². The molecule has 0 bridgehead atoms. The first kappa shape index (κ1) is 13.1. The van der Waals surface area contributed by atoms with Crippen LogP contribution in [0.5, 0.6) is 0 Å². The summed E-state index contributed by atoms with van der Waals surface area (Å²) in [6.45, 7) is 2.78. The largest absolute Gasteiger partial charge is 0.396 e. The van der Waals surface area contributed by atoms with Gasteiger partial charge in [0.25, 0.3) is 0 Å². The molecule has 2 atom stereocenters. The van der Waals surface area contributed by atoms with Crippen LogP contribution in [-0.4, -0.2) is 57.2 Å². The van der Waals surface area contributed by atoms with Gasteiger partial charge in [0.2, 0.25) is 0 Å². The molecule has 0 aliphatic rings. The number of hydrogen-bond donors (Lipinski definition) is 3. The molecule has 0 aromatic heterocycles. The quantitative estimate of drug-likeness (QED) is 0.460. The third-order valence-electron chi connectivity index (χ3n) is 3.07. The fourth-order valence-corrected chi connectivity index (χ4v) is 2.14. The highest BCUT2D eigenvalue weighted by atomic mass is 28.1. The highest BCUT2D eigenvalue weighted by Gasteiger charge is 2.48. The van der Waals surface area contributed by atoms with Crippen LogP contribution in [0.1, 0.15) is 13.8 Å². The topological polar surface area (TPSA) is 69.9 Å². The van der Waals surface area contributed by atoms with Crippen LogP contribution in [0.15, 0.2) is 0 Å². The molecule has 3 N–H and O–H groups in total. The Morgan fingerprint density at radius 2 is 1.77 bits per heavy atom. The van der Waals surface area contributed by atoms with Crippen LogP contribution in [0, 0.1) is 5.41 Å². The van der Waals surface area contributed by atoms with E-state index >= 15 is 0 Å². The summed E-state index contributed by atoms with van der Waals surface area (Å²) < 4.78 is 5.23. The molecule has 0 rings (SSSR count). The Morgan fingerprint density at radius 3 is 1.85 bits per heavy atom. The van der Waals surface area contributed by atoms with Gasteiger partial charge >= 0.3 is 0 Å². The Labute approximate surface area is 82.0 Å². The molecule has 4 nitrogen and oxygen atoms in total. The molecule has 0 aromatic carbocycles. The maximum Gasteiger partial charge on any atom is 0.0668 e. The lowest BCUT2D eigenvalue weighted by molar-refractivity contribution is -0.145. The second kappa shape index (κ2) is 4.52. The van der Waals surface area contributed by atoms with Crippen molar-refractivity contribution >= 4 is 10.2 Å². The molecule has 0 saturated heterocycles. The van der Waals surface area contributed by atoms with Gasteiger partial charge in [0.05, 0.1) is 30.0 Å². The maximum absolute atomic E-state index is 9.55. The van der Waals surface area contributed by atoms with Gasteiger partial charge in [-0.1, -0.05) is 0 Å². The van der Waals surface area contributed by atoms with E-state index in [0.717, 1.165) is 0 Å². The van der Waals surface area contributed by atoms with Crippen LogP contribution in [0.4, 0.5) is 0 Å². The number of rotatable bonds is 5. The summed E-state index contributed by atoms with van der Waals surface area (Å²) in [7, 11) is 2.14. The van der Waals surface area contributed by atoms with E-state index < -0.39 is 16.7 Å². The molecule has 13 heavy (non-hydrogen) atoms. The van der Waals surface area contributed by atoms with Crippen LogP contribution in [0.3, 0.4) is 0 Å². The summed E-state index contributed by atoms with van der Waals surface area (Å²) in [6.07, 6.45) is -0.801. The normalized spacial score (nSPS) is 19.8. The van der Waals surface area contributed by atoms with E-state index in [-0.39, 0.29) is 13.2 Å². The van der Waals surface area contributed by atoms with Gasteiger partial charge < -0.3 is 20.1 Å². The first-order chi connectivity index (χ1) is 5.88. The van der Waals surface area contributed by atoms with Gasteiger partial charge in [-0.3, -0.25) is 0 Å². The third-order valence-corrected chi connectivity index (χ3v) is 4.48. The summed E-state index contributed by atoms with van der Waals surface area (Å²) in [5, 5.41) is 27.4. The van der Waals surface area contributed by atoms with E-state index in [9.17, 15) is 15.3 Å². The van der Waals surface area contributed by atoms with Crippen LogP contribution in [-0.2, 0) is 4.74 Å². The summed E-state index contributed by atoms with van der Waals surface area (Å²) >= 11 is 0. The highest BCUT2D eigenvalue weighted by molar-refractivity contribution is 6.15. The Hall–Kier alpha value is 0.0569. The molecular formula is C8H20O4Si. The average molecular weight is 208 g/mol. The monoisotopic (exact) mass is 208 g/mol. The minimum atomic E-state index is -0.964. The predicted molar refractivity (Wildman–Crippen MR) is 53.6 cm³/mol. The maximum atomic E-state index is 9.55. The van der Waals surface area contributed by atoms with Crippen molar-refractivity contribution in [2.75, 3.05) is 20.3 Å². The lowest BCUT2D eigenvalue weighted by Crippen LogP contribution is -2.58. The number of hydrogen-bond acceptors (Lipinski definition) is 4. The SMILES string of the molecule is COC(C)([SiH3])C(CO)(CO)C(C)O. The van der Waals surface area contributed by atoms with Crippen LogP contribution >= 0.6 is 0 Å². The fourth-order valence-electron chi connectivity index (χ4n) is 1.40. The summed E-state index contributed by atoms with van der Waals surface area (Å²) in [5.74, 6) is 0. The van der Waals surface area contributed by atoms with Crippen molar-refractivity contribution in [1.29, 1.82) is 0 Å². The second-order valence-electron chi connectivity index (χ2n) is 3.86. The summed E-state index contributed by atoms with van der Waals surface area (Å²) in [4.78, 5) is 0. The molecule has 0 heterocycles. The standard InChI is InChI=1S/C8H20O4Si/c1-6(11)8(4-9,5-10)7(2,13)12-3/h6,9-11H,4-5H2,1-3,13H3. The average Bonchev–Trinajstić information content (AvgIpc) is 2.06. The number of ether oxygens (including phenoxy) is 1.